The predicted octanol–water partition coefficient (Wildman–Crippen LogP) is 9.26. The number of carbonyl (C=O) groups is 2. The molecule has 0 heterocycles. The van der Waals surface area contributed by atoms with E-state index in [2.05, 4.69) is 75.0 Å². The Kier molecular flexibility index (Phi) is 17.6. The van der Waals surface area contributed by atoms with Gasteiger partial charge < -0.3 is 24.4 Å². The first-order valence-electron chi connectivity index (χ1n) is 19.1. The molecule has 0 saturated carbocycles. The minimum absolute atomic E-state index is 0.120. The maximum atomic E-state index is 12.5. The number of aryl methyl sites for hydroxylation is 4. The molecule has 284 valence electrons. The summed E-state index contributed by atoms with van der Waals surface area (Å²) in [6, 6.07) is 20.0. The van der Waals surface area contributed by atoms with Gasteiger partial charge in [-0.15, -0.1) is 0 Å². The van der Waals surface area contributed by atoms with Crippen LogP contribution in [-0.2, 0) is 44.7 Å². The van der Waals surface area contributed by atoms with Gasteiger partial charge in [-0.3, -0.25) is 4.79 Å². The van der Waals surface area contributed by atoms with Crippen molar-refractivity contribution in [3.05, 3.63) is 89.0 Å². The second-order valence-corrected chi connectivity index (χ2v) is 14.9. The third kappa shape index (κ3) is 13.2. The number of hydrogen-bond acceptors (Lipinski definition) is 7. The van der Waals surface area contributed by atoms with Gasteiger partial charge >= 0.3 is 11.9 Å². The Balaban J connectivity index is 2.01. The fourth-order valence-corrected chi connectivity index (χ4v) is 6.02. The van der Waals surface area contributed by atoms with Crippen LogP contribution in [0.25, 0.3) is 22.3 Å². The van der Waals surface area contributed by atoms with Gasteiger partial charge in [0.05, 0.1) is 25.2 Å². The van der Waals surface area contributed by atoms with Crippen molar-refractivity contribution in [3.8, 4) is 28.0 Å². The first-order valence-corrected chi connectivity index (χ1v) is 19.1. The number of hydrogen-bond donors (Lipinski definition) is 2. The molecular weight excluding hydrogens is 652 g/mol. The van der Waals surface area contributed by atoms with E-state index in [-0.39, 0.29) is 38.3 Å². The van der Waals surface area contributed by atoms with Crippen molar-refractivity contribution in [2.24, 2.45) is 11.3 Å². The van der Waals surface area contributed by atoms with Crippen molar-refractivity contribution in [2.75, 3.05) is 33.0 Å². The Labute approximate surface area is 312 Å². The van der Waals surface area contributed by atoms with Gasteiger partial charge in [-0.25, -0.2) is 4.79 Å². The summed E-state index contributed by atoms with van der Waals surface area (Å²) in [5, 5.41) is 19.3. The van der Waals surface area contributed by atoms with Crippen LogP contribution in [0.15, 0.2) is 66.7 Å². The standard InChI is InChI=1S/C45H62O7/c1-8-10-11-14-33-17-19-36(20-18-33)37-21-22-41(35(9-2)27-37)40-28-38(15-12-24-51-43(48)32(3)4)42(50-26-23-34(30-46)31-47)39(29-40)16-13-25-52-44(49)45(5,6)7/h17-22,27-29,34,46-47H,3,8-16,23-26,30-31H2,1-2,4-7H3. The average Bonchev–Trinajstić information content (AvgIpc) is 3.13. The summed E-state index contributed by atoms with van der Waals surface area (Å²) in [4.78, 5) is 24.6. The van der Waals surface area contributed by atoms with Crippen LogP contribution in [0, 0.1) is 11.3 Å². The molecule has 3 aromatic carbocycles. The molecule has 0 aliphatic carbocycles. The van der Waals surface area contributed by atoms with Gasteiger partial charge in [-0.1, -0.05) is 75.7 Å². The van der Waals surface area contributed by atoms with Crippen LogP contribution in [0.4, 0.5) is 0 Å². The molecule has 0 atom stereocenters. The van der Waals surface area contributed by atoms with E-state index in [9.17, 15) is 19.8 Å². The first-order chi connectivity index (χ1) is 24.9. The van der Waals surface area contributed by atoms with Gasteiger partial charge in [0.1, 0.15) is 5.75 Å². The van der Waals surface area contributed by atoms with Gasteiger partial charge in [0, 0.05) is 24.7 Å². The second-order valence-electron chi connectivity index (χ2n) is 14.9. The lowest BCUT2D eigenvalue weighted by atomic mass is 9.89. The molecule has 0 aromatic heterocycles. The maximum absolute atomic E-state index is 12.5. The molecule has 7 nitrogen and oxygen atoms in total. The van der Waals surface area contributed by atoms with Crippen molar-refractivity contribution in [1.29, 1.82) is 0 Å². The highest BCUT2D eigenvalue weighted by molar-refractivity contribution is 5.86. The van der Waals surface area contributed by atoms with Crippen molar-refractivity contribution in [2.45, 2.75) is 106 Å². The number of esters is 2. The lowest BCUT2D eigenvalue weighted by Gasteiger charge is -2.21. The van der Waals surface area contributed by atoms with Crippen LogP contribution in [0.5, 0.6) is 5.75 Å². The zero-order valence-electron chi connectivity index (χ0n) is 32.5. The maximum Gasteiger partial charge on any atom is 0.333 e. The van der Waals surface area contributed by atoms with Crippen molar-refractivity contribution < 1.29 is 34.0 Å². The second kappa shape index (κ2) is 21.6. The molecule has 0 bridgehead atoms. The summed E-state index contributed by atoms with van der Waals surface area (Å²) < 4.78 is 17.5. The van der Waals surface area contributed by atoms with Gasteiger partial charge in [0.15, 0.2) is 0 Å². The highest BCUT2D eigenvalue weighted by atomic mass is 16.5. The van der Waals surface area contributed by atoms with E-state index in [4.69, 9.17) is 14.2 Å². The molecular formula is C45H62O7. The molecule has 0 aliphatic heterocycles. The van der Waals surface area contributed by atoms with Crippen LogP contribution in [-0.4, -0.2) is 55.2 Å². The minimum Gasteiger partial charge on any atom is -0.493 e. The van der Waals surface area contributed by atoms with Gasteiger partial charge in [-0.2, -0.15) is 0 Å². The molecule has 52 heavy (non-hydrogen) atoms. The SMILES string of the molecule is C=C(C)C(=O)OCCCc1cc(-c2ccc(-c3ccc(CCCCC)cc3)cc2CC)cc(CCCOC(=O)C(C)(C)C)c1OCCC(CO)CO. The van der Waals surface area contributed by atoms with Crippen LogP contribution in [0.1, 0.15) is 102 Å². The van der Waals surface area contributed by atoms with Crippen molar-refractivity contribution >= 4 is 11.9 Å². The normalized spacial score (nSPS) is 11.5. The van der Waals surface area contributed by atoms with Crippen LogP contribution in [0.3, 0.4) is 0 Å². The van der Waals surface area contributed by atoms with Crippen LogP contribution >= 0.6 is 0 Å². The Bertz CT molecular complexity index is 1580. The van der Waals surface area contributed by atoms with Crippen molar-refractivity contribution in [1.82, 2.24) is 0 Å². The molecule has 0 unspecified atom stereocenters. The molecule has 0 amide bonds. The summed E-state index contributed by atoms with van der Waals surface area (Å²) in [6.07, 6.45) is 8.56. The summed E-state index contributed by atoms with van der Waals surface area (Å²) >= 11 is 0. The van der Waals surface area contributed by atoms with E-state index in [0.29, 0.717) is 44.3 Å². The topological polar surface area (TPSA) is 102 Å². The molecule has 2 N–H and O–H groups in total. The molecule has 0 fully saturated rings. The Morgan fingerprint density at radius 3 is 1.88 bits per heavy atom. The summed E-state index contributed by atoms with van der Waals surface area (Å²) in [5.41, 5.74) is 8.97. The number of aliphatic hydroxyl groups is 2. The summed E-state index contributed by atoms with van der Waals surface area (Å²) in [5.74, 6) is -0.165. The smallest absolute Gasteiger partial charge is 0.333 e. The molecule has 0 saturated heterocycles. The zero-order valence-corrected chi connectivity index (χ0v) is 32.5. The van der Waals surface area contributed by atoms with Gasteiger partial charge in [0.2, 0.25) is 0 Å². The highest BCUT2D eigenvalue weighted by Gasteiger charge is 2.23. The molecule has 0 aliphatic rings. The predicted molar refractivity (Wildman–Crippen MR) is 211 cm³/mol. The molecule has 3 rings (SSSR count). The van der Waals surface area contributed by atoms with Crippen LogP contribution < -0.4 is 4.74 Å². The number of benzene rings is 3. The van der Waals surface area contributed by atoms with E-state index in [1.54, 1.807) is 6.92 Å². The number of ether oxygens (including phenoxy) is 3. The quantitative estimate of drug-likeness (QED) is 0.0608. The van der Waals surface area contributed by atoms with Crippen LogP contribution in [0.2, 0.25) is 0 Å². The largest absolute Gasteiger partial charge is 0.493 e. The fourth-order valence-electron chi connectivity index (χ4n) is 6.02. The third-order valence-electron chi connectivity index (χ3n) is 9.29. The highest BCUT2D eigenvalue weighted by Crippen LogP contribution is 2.36. The minimum atomic E-state index is -0.579. The van der Waals surface area contributed by atoms with Gasteiger partial charge in [0.25, 0.3) is 0 Å². The van der Waals surface area contributed by atoms with E-state index < -0.39 is 11.4 Å². The number of unbranched alkanes of at least 4 members (excludes halogenated alkanes) is 2. The van der Waals surface area contributed by atoms with E-state index in [0.717, 1.165) is 40.8 Å². The molecule has 0 spiro atoms. The molecule has 7 heteroatoms. The fraction of sp³-hybridized carbons (Fsp3) is 0.511. The van der Waals surface area contributed by atoms with E-state index >= 15 is 0 Å². The number of aliphatic hydroxyl groups excluding tert-OH is 2. The zero-order chi connectivity index (χ0) is 38.1. The number of carbonyl (C=O) groups excluding carboxylic acids is 2. The monoisotopic (exact) mass is 714 g/mol. The average molecular weight is 715 g/mol. The lowest BCUT2D eigenvalue weighted by molar-refractivity contribution is -0.153. The lowest BCUT2D eigenvalue weighted by Crippen LogP contribution is -2.23. The molecule has 3 aromatic rings. The Morgan fingerprint density at radius 1 is 0.731 bits per heavy atom. The Hall–Kier alpha value is -3.94. The third-order valence-corrected chi connectivity index (χ3v) is 9.29. The number of rotatable bonds is 22. The van der Waals surface area contributed by atoms with Crippen molar-refractivity contribution in [3.63, 3.8) is 0 Å². The summed E-state index contributed by atoms with van der Waals surface area (Å²) in [7, 11) is 0. The summed E-state index contributed by atoms with van der Waals surface area (Å²) in [6.45, 7) is 15.9. The Morgan fingerprint density at radius 2 is 1.33 bits per heavy atom. The first kappa shape index (κ1) is 42.5. The van der Waals surface area contributed by atoms with Gasteiger partial charge in [-0.05, 0) is 136 Å². The van der Waals surface area contributed by atoms with E-state index in [1.807, 2.05) is 20.8 Å². The van der Waals surface area contributed by atoms with E-state index in [1.165, 1.54) is 41.5 Å². The molecule has 0 radical (unpaired) electrons.